The Morgan fingerprint density at radius 3 is 2.76 bits per heavy atom. The quantitative estimate of drug-likeness (QED) is 0.760. The minimum atomic E-state index is 0.576. The summed E-state index contributed by atoms with van der Waals surface area (Å²) in [5, 5.41) is 1.11. The van der Waals surface area contributed by atoms with E-state index in [-0.39, 0.29) is 0 Å². The van der Waals surface area contributed by atoms with Crippen molar-refractivity contribution in [2.24, 2.45) is 0 Å². The van der Waals surface area contributed by atoms with Gasteiger partial charge in [0.2, 0.25) is 0 Å². The molecule has 0 radical (unpaired) electrons. The van der Waals surface area contributed by atoms with E-state index in [0.717, 1.165) is 5.03 Å². The highest BCUT2D eigenvalue weighted by Crippen LogP contribution is 2.32. The smallest absolute Gasteiger partial charge is 0.0957 e. The first-order valence-electron chi connectivity index (χ1n) is 6.48. The van der Waals surface area contributed by atoms with Gasteiger partial charge in [-0.15, -0.1) is 11.8 Å². The van der Waals surface area contributed by atoms with Crippen LogP contribution in [-0.2, 0) is 0 Å². The lowest BCUT2D eigenvalue weighted by molar-refractivity contribution is 0.112. The summed E-state index contributed by atoms with van der Waals surface area (Å²) in [6, 6.07) is 5.60. The highest BCUT2D eigenvalue weighted by molar-refractivity contribution is 7.98. The van der Waals surface area contributed by atoms with Gasteiger partial charge in [0.15, 0.2) is 0 Å². The number of piperidine rings is 1. The SMILES string of the molecule is CSc1ccc([C@H]2CCCCN2C(C)C)cn1. The predicted octanol–water partition coefficient (Wildman–Crippen LogP) is 3.74. The number of nitrogens with zero attached hydrogens (tertiary/aromatic N) is 2. The monoisotopic (exact) mass is 250 g/mol. The molecule has 17 heavy (non-hydrogen) atoms. The number of thioether (sulfide) groups is 1. The van der Waals surface area contributed by atoms with Crippen molar-refractivity contribution in [2.75, 3.05) is 12.8 Å². The van der Waals surface area contributed by atoms with Gasteiger partial charge in [-0.2, -0.15) is 0 Å². The number of rotatable bonds is 3. The number of hydrogen-bond donors (Lipinski definition) is 0. The number of likely N-dealkylation sites (tertiary alicyclic amines) is 1. The van der Waals surface area contributed by atoms with Crippen molar-refractivity contribution >= 4 is 11.8 Å². The van der Waals surface area contributed by atoms with Gasteiger partial charge in [0.05, 0.1) is 5.03 Å². The average Bonchev–Trinajstić information content (AvgIpc) is 2.39. The van der Waals surface area contributed by atoms with E-state index in [2.05, 4.69) is 48.3 Å². The van der Waals surface area contributed by atoms with Crippen molar-refractivity contribution in [1.82, 2.24) is 9.88 Å². The minimum absolute atomic E-state index is 0.576. The molecule has 0 saturated carbocycles. The molecule has 1 aromatic rings. The Balaban J connectivity index is 2.17. The van der Waals surface area contributed by atoms with E-state index in [0.29, 0.717) is 12.1 Å². The van der Waals surface area contributed by atoms with Crippen LogP contribution in [0.25, 0.3) is 0 Å². The fraction of sp³-hybridized carbons (Fsp3) is 0.643. The van der Waals surface area contributed by atoms with E-state index >= 15 is 0 Å². The molecule has 1 atom stereocenters. The van der Waals surface area contributed by atoms with Gasteiger partial charge in [-0.25, -0.2) is 4.98 Å². The zero-order valence-electron chi connectivity index (χ0n) is 11.0. The van der Waals surface area contributed by atoms with Gasteiger partial charge in [-0.05, 0) is 51.1 Å². The van der Waals surface area contributed by atoms with E-state index in [1.54, 1.807) is 11.8 Å². The summed E-state index contributed by atoms with van der Waals surface area (Å²) in [7, 11) is 0. The maximum absolute atomic E-state index is 4.50. The lowest BCUT2D eigenvalue weighted by Gasteiger charge is -2.38. The molecule has 3 heteroatoms. The third-order valence-electron chi connectivity index (χ3n) is 3.56. The molecule has 2 heterocycles. The van der Waals surface area contributed by atoms with Gasteiger partial charge in [0.1, 0.15) is 0 Å². The van der Waals surface area contributed by atoms with E-state index in [1.807, 2.05) is 0 Å². The Kier molecular flexibility index (Phi) is 4.46. The van der Waals surface area contributed by atoms with E-state index < -0.39 is 0 Å². The third kappa shape index (κ3) is 3.02. The fourth-order valence-corrected chi connectivity index (χ4v) is 3.00. The molecule has 0 unspecified atom stereocenters. The molecule has 1 aromatic heterocycles. The Morgan fingerprint density at radius 2 is 2.18 bits per heavy atom. The van der Waals surface area contributed by atoms with Gasteiger partial charge in [0.25, 0.3) is 0 Å². The van der Waals surface area contributed by atoms with Crippen LogP contribution in [0.15, 0.2) is 23.4 Å². The van der Waals surface area contributed by atoms with Crippen LogP contribution in [0.1, 0.15) is 44.7 Å². The summed E-state index contributed by atoms with van der Waals surface area (Å²) in [6.45, 7) is 5.82. The molecule has 2 rings (SSSR count). The maximum atomic E-state index is 4.50. The van der Waals surface area contributed by atoms with Crippen molar-refractivity contribution < 1.29 is 0 Å². The fourth-order valence-electron chi connectivity index (χ4n) is 2.64. The lowest BCUT2D eigenvalue weighted by atomic mass is 9.95. The maximum Gasteiger partial charge on any atom is 0.0957 e. The normalized spacial score (nSPS) is 22.0. The van der Waals surface area contributed by atoms with Crippen LogP contribution < -0.4 is 0 Å². The van der Waals surface area contributed by atoms with E-state index in [9.17, 15) is 0 Å². The van der Waals surface area contributed by atoms with Crippen molar-refractivity contribution in [3.05, 3.63) is 23.9 Å². The molecule has 94 valence electrons. The van der Waals surface area contributed by atoms with Crippen LogP contribution in [0.4, 0.5) is 0 Å². The highest BCUT2D eigenvalue weighted by Gasteiger charge is 2.25. The molecular weight excluding hydrogens is 228 g/mol. The molecule has 0 spiro atoms. The number of aromatic nitrogens is 1. The Morgan fingerprint density at radius 1 is 1.35 bits per heavy atom. The summed E-state index contributed by atoms with van der Waals surface area (Å²) in [5.41, 5.74) is 1.39. The standard InChI is InChI=1S/C14H22N2S/c1-11(2)16-9-5-4-6-13(16)12-7-8-14(17-3)15-10-12/h7-8,10-11,13H,4-6,9H2,1-3H3/t13-/m1/s1. The summed E-state index contributed by atoms with van der Waals surface area (Å²) >= 11 is 1.71. The first-order valence-corrected chi connectivity index (χ1v) is 7.70. The number of hydrogen-bond acceptors (Lipinski definition) is 3. The molecule has 0 N–H and O–H groups in total. The first kappa shape index (κ1) is 12.9. The van der Waals surface area contributed by atoms with Crippen molar-refractivity contribution in [1.29, 1.82) is 0 Å². The molecule has 1 fully saturated rings. The van der Waals surface area contributed by atoms with Gasteiger partial charge in [0, 0.05) is 18.3 Å². The molecule has 0 bridgehead atoms. The second-order valence-corrected chi connectivity index (χ2v) is 5.80. The van der Waals surface area contributed by atoms with Crippen molar-refractivity contribution in [2.45, 2.75) is 50.2 Å². The van der Waals surface area contributed by atoms with E-state index in [4.69, 9.17) is 0 Å². The Hall–Kier alpha value is -0.540. The summed E-state index contributed by atoms with van der Waals surface area (Å²) in [6.07, 6.45) is 8.10. The Bertz CT molecular complexity index is 348. The van der Waals surface area contributed by atoms with Crippen LogP contribution in [0.2, 0.25) is 0 Å². The third-order valence-corrected chi connectivity index (χ3v) is 4.22. The molecule has 0 aliphatic carbocycles. The zero-order chi connectivity index (χ0) is 12.3. The van der Waals surface area contributed by atoms with Crippen molar-refractivity contribution in [3.63, 3.8) is 0 Å². The lowest BCUT2D eigenvalue weighted by Crippen LogP contribution is -2.38. The minimum Gasteiger partial charge on any atom is -0.294 e. The zero-order valence-corrected chi connectivity index (χ0v) is 11.8. The highest BCUT2D eigenvalue weighted by atomic mass is 32.2. The molecule has 2 nitrogen and oxygen atoms in total. The van der Waals surface area contributed by atoms with Crippen LogP contribution >= 0.6 is 11.8 Å². The predicted molar refractivity (Wildman–Crippen MR) is 74.5 cm³/mol. The van der Waals surface area contributed by atoms with Crippen LogP contribution in [-0.4, -0.2) is 28.7 Å². The van der Waals surface area contributed by atoms with Gasteiger partial charge in [-0.3, -0.25) is 4.90 Å². The average molecular weight is 250 g/mol. The van der Waals surface area contributed by atoms with Crippen LogP contribution in [0, 0.1) is 0 Å². The molecule has 1 aliphatic rings. The summed E-state index contributed by atoms with van der Waals surface area (Å²) in [5.74, 6) is 0. The second kappa shape index (κ2) is 5.87. The molecule has 0 aromatic carbocycles. The largest absolute Gasteiger partial charge is 0.294 e. The summed E-state index contributed by atoms with van der Waals surface area (Å²) in [4.78, 5) is 7.11. The van der Waals surface area contributed by atoms with Crippen molar-refractivity contribution in [3.8, 4) is 0 Å². The van der Waals surface area contributed by atoms with Crippen LogP contribution in [0.3, 0.4) is 0 Å². The Labute approximate surface area is 109 Å². The molecular formula is C14H22N2S. The first-order chi connectivity index (χ1) is 8.22. The van der Waals surface area contributed by atoms with Gasteiger partial charge >= 0.3 is 0 Å². The number of pyridine rings is 1. The summed E-state index contributed by atoms with van der Waals surface area (Å²) < 4.78 is 0. The molecule has 1 saturated heterocycles. The van der Waals surface area contributed by atoms with E-state index in [1.165, 1.54) is 31.4 Å². The van der Waals surface area contributed by atoms with Gasteiger partial charge < -0.3 is 0 Å². The molecule has 1 aliphatic heterocycles. The van der Waals surface area contributed by atoms with Crippen LogP contribution in [0.5, 0.6) is 0 Å². The second-order valence-electron chi connectivity index (χ2n) is 4.98. The topological polar surface area (TPSA) is 16.1 Å². The van der Waals surface area contributed by atoms with Gasteiger partial charge in [-0.1, -0.05) is 12.5 Å². The molecule has 0 amide bonds.